The molecule has 0 radical (unpaired) electrons. The minimum absolute atomic E-state index is 0.610. The highest BCUT2D eigenvalue weighted by atomic mass is 15.1. The number of benzene rings is 9. The minimum atomic E-state index is 0.610. The van der Waals surface area contributed by atoms with E-state index in [1.54, 1.807) is 0 Å². The van der Waals surface area contributed by atoms with Crippen molar-refractivity contribution >= 4 is 54.5 Å². The average molecular weight is 843 g/mol. The average Bonchev–Trinajstić information content (AvgIpc) is 3.92. The summed E-state index contributed by atoms with van der Waals surface area (Å²) in [5, 5.41) is 5.79. The van der Waals surface area contributed by atoms with E-state index >= 15 is 0 Å². The summed E-state index contributed by atoms with van der Waals surface area (Å²) in [6.45, 7) is 0. The molecular weight excluding hydrogens is 805 g/mol. The molecule has 4 heterocycles. The van der Waals surface area contributed by atoms with Gasteiger partial charge in [0.05, 0.1) is 27.6 Å². The molecule has 0 fully saturated rings. The number of fused-ring (bicyclic) bond motifs is 8. The lowest BCUT2D eigenvalue weighted by molar-refractivity contribution is 1.07. The maximum atomic E-state index is 5.32. The van der Waals surface area contributed by atoms with Crippen molar-refractivity contribution in [1.82, 2.24) is 29.1 Å². The summed E-state index contributed by atoms with van der Waals surface area (Å²) in [4.78, 5) is 20.5. The predicted molar refractivity (Wildman–Crippen MR) is 271 cm³/mol. The zero-order valence-corrected chi connectivity index (χ0v) is 35.6. The maximum Gasteiger partial charge on any atom is 0.164 e. The van der Waals surface area contributed by atoms with Crippen molar-refractivity contribution in [2.45, 2.75) is 0 Å². The largest absolute Gasteiger partial charge is 0.307 e. The smallest absolute Gasteiger partial charge is 0.164 e. The van der Waals surface area contributed by atoms with Gasteiger partial charge in [0.25, 0.3) is 0 Å². The first-order valence-electron chi connectivity index (χ1n) is 22.2. The lowest BCUT2D eigenvalue weighted by Crippen LogP contribution is -2.01. The molecule has 0 aliphatic heterocycles. The molecule has 0 aliphatic rings. The number of para-hydroxylation sites is 2. The van der Waals surface area contributed by atoms with Crippen molar-refractivity contribution in [2.24, 2.45) is 0 Å². The normalized spacial score (nSPS) is 11.6. The van der Waals surface area contributed by atoms with Gasteiger partial charge in [0.1, 0.15) is 5.82 Å². The summed E-state index contributed by atoms with van der Waals surface area (Å²) in [5.41, 5.74) is 13.8. The summed E-state index contributed by atoms with van der Waals surface area (Å²) in [5.74, 6) is 2.73. The summed E-state index contributed by atoms with van der Waals surface area (Å²) >= 11 is 0. The Morgan fingerprint density at radius 3 is 1.42 bits per heavy atom. The highest BCUT2D eigenvalue weighted by Crippen LogP contribution is 2.43. The predicted octanol–water partition coefficient (Wildman–Crippen LogP) is 14.9. The van der Waals surface area contributed by atoms with Crippen molar-refractivity contribution in [3.8, 4) is 67.9 Å². The highest BCUT2D eigenvalue weighted by Gasteiger charge is 2.23. The fraction of sp³-hybridized carbons (Fsp3) is 0. The van der Waals surface area contributed by atoms with Gasteiger partial charge in [-0.3, -0.25) is 4.57 Å². The second kappa shape index (κ2) is 15.4. The van der Waals surface area contributed by atoms with Crippen molar-refractivity contribution in [3.63, 3.8) is 0 Å². The molecule has 9 aromatic carbocycles. The van der Waals surface area contributed by atoms with Crippen LogP contribution in [0.25, 0.3) is 122 Å². The topological polar surface area (TPSA) is 61.4 Å². The van der Waals surface area contributed by atoms with E-state index in [2.05, 4.69) is 203 Å². The second-order valence-corrected chi connectivity index (χ2v) is 16.7. The molecule has 4 aromatic heterocycles. The molecule has 308 valence electrons. The fourth-order valence-electron chi connectivity index (χ4n) is 9.60. The van der Waals surface area contributed by atoms with E-state index in [0.29, 0.717) is 17.5 Å². The Morgan fingerprint density at radius 1 is 0.273 bits per heavy atom. The van der Waals surface area contributed by atoms with Gasteiger partial charge in [-0.05, 0) is 82.9 Å². The lowest BCUT2D eigenvalue weighted by atomic mass is 10.0. The third-order valence-electron chi connectivity index (χ3n) is 12.8. The Kier molecular flexibility index (Phi) is 8.74. The first-order chi connectivity index (χ1) is 32.7. The first kappa shape index (κ1) is 37.5. The molecule has 0 N–H and O–H groups in total. The van der Waals surface area contributed by atoms with Crippen LogP contribution in [0.5, 0.6) is 0 Å². The Bertz CT molecular complexity index is 3950. The molecule has 13 rings (SSSR count). The Morgan fingerprint density at radius 2 is 0.742 bits per heavy atom. The molecule has 0 bridgehead atoms. The van der Waals surface area contributed by atoms with Gasteiger partial charge in [-0.15, -0.1) is 0 Å². The third-order valence-corrected chi connectivity index (χ3v) is 12.8. The Labute approximate surface area is 380 Å². The molecule has 0 saturated carbocycles. The highest BCUT2D eigenvalue weighted by molar-refractivity contribution is 6.24. The van der Waals surface area contributed by atoms with Crippen LogP contribution in [0.15, 0.2) is 231 Å². The number of hydrogen-bond acceptors (Lipinski definition) is 4. The van der Waals surface area contributed by atoms with Crippen LogP contribution in [0.1, 0.15) is 0 Å². The fourth-order valence-corrected chi connectivity index (χ4v) is 9.60. The van der Waals surface area contributed by atoms with E-state index in [9.17, 15) is 0 Å². The molecular formula is C60H38N6. The van der Waals surface area contributed by atoms with Gasteiger partial charge >= 0.3 is 0 Å². The number of nitrogens with zero attached hydrogens (tertiary/aromatic N) is 6. The Balaban J connectivity index is 1.01. The van der Waals surface area contributed by atoms with Crippen LogP contribution < -0.4 is 0 Å². The van der Waals surface area contributed by atoms with E-state index in [4.69, 9.17) is 19.9 Å². The van der Waals surface area contributed by atoms with Crippen LogP contribution >= 0.6 is 0 Å². The van der Waals surface area contributed by atoms with Crippen LogP contribution in [-0.2, 0) is 0 Å². The molecule has 0 saturated heterocycles. The van der Waals surface area contributed by atoms with Crippen molar-refractivity contribution < 1.29 is 0 Å². The quantitative estimate of drug-likeness (QED) is 0.160. The molecule has 0 atom stereocenters. The van der Waals surface area contributed by atoms with E-state index in [1.165, 1.54) is 32.8 Å². The van der Waals surface area contributed by atoms with E-state index in [-0.39, 0.29) is 0 Å². The summed E-state index contributed by atoms with van der Waals surface area (Å²) < 4.78 is 4.77. The summed E-state index contributed by atoms with van der Waals surface area (Å²) in [6.07, 6.45) is 0. The molecule has 0 amide bonds. The van der Waals surface area contributed by atoms with Gasteiger partial charge in [0.15, 0.2) is 17.5 Å². The number of hydrogen-bond donors (Lipinski definition) is 0. The first-order valence-corrected chi connectivity index (χ1v) is 22.2. The summed E-state index contributed by atoms with van der Waals surface area (Å²) in [7, 11) is 0. The molecule has 6 nitrogen and oxygen atoms in total. The molecule has 0 spiro atoms. The number of aromatic nitrogens is 6. The zero-order chi connectivity index (χ0) is 43.6. The summed E-state index contributed by atoms with van der Waals surface area (Å²) in [6, 6.07) is 81.0. The third kappa shape index (κ3) is 6.26. The van der Waals surface area contributed by atoms with Crippen LogP contribution in [0.2, 0.25) is 0 Å². The standard InChI is InChI=1S/C60H38N6/c1-4-14-39(15-5-1)41-24-26-44(27-25-41)59-62-58(43-19-8-3-9-20-43)63-60(64-59)45-28-32-47(33-29-45)65-53-23-13-11-21-48(53)49-34-35-50-51-38-46(40-16-6-2-7-17-40)30-36-54(51)66(57(50)56(49)65)55-37-31-42-18-10-12-22-52(42)61-55/h1-38H. The molecule has 6 heteroatoms. The second-order valence-electron chi connectivity index (χ2n) is 16.7. The van der Waals surface area contributed by atoms with Crippen molar-refractivity contribution in [3.05, 3.63) is 231 Å². The molecule has 0 aliphatic carbocycles. The Hall–Kier alpha value is -9.00. The maximum absolute atomic E-state index is 5.32. The lowest BCUT2D eigenvalue weighted by Gasteiger charge is -2.13. The number of rotatable bonds is 7. The van der Waals surface area contributed by atoms with Gasteiger partial charge in [-0.2, -0.15) is 0 Å². The zero-order valence-electron chi connectivity index (χ0n) is 35.6. The van der Waals surface area contributed by atoms with Crippen LogP contribution in [0.4, 0.5) is 0 Å². The van der Waals surface area contributed by atoms with Gasteiger partial charge in [-0.1, -0.05) is 170 Å². The van der Waals surface area contributed by atoms with Crippen molar-refractivity contribution in [2.75, 3.05) is 0 Å². The van der Waals surface area contributed by atoms with E-state index in [1.807, 2.05) is 36.4 Å². The van der Waals surface area contributed by atoms with Gasteiger partial charge in [-0.25, -0.2) is 19.9 Å². The molecule has 0 unspecified atom stereocenters. The monoisotopic (exact) mass is 842 g/mol. The van der Waals surface area contributed by atoms with Gasteiger partial charge < -0.3 is 4.57 Å². The van der Waals surface area contributed by atoms with Gasteiger partial charge in [0.2, 0.25) is 0 Å². The molecule has 66 heavy (non-hydrogen) atoms. The van der Waals surface area contributed by atoms with E-state index in [0.717, 1.165) is 72.1 Å². The minimum Gasteiger partial charge on any atom is -0.307 e. The van der Waals surface area contributed by atoms with Crippen LogP contribution in [-0.4, -0.2) is 29.1 Å². The molecule has 13 aromatic rings. The SMILES string of the molecule is c1ccc(-c2ccc(-c3nc(-c4ccccc4)nc(-c4ccc(-n5c6ccccc6c6ccc7c8cc(-c9ccccc9)ccc8n(-c8ccc9ccccc9n8)c7c65)cc4)n3)cc2)cc1. The van der Waals surface area contributed by atoms with Crippen molar-refractivity contribution in [1.29, 1.82) is 0 Å². The number of pyridine rings is 1. The van der Waals surface area contributed by atoms with Crippen LogP contribution in [0.3, 0.4) is 0 Å². The van der Waals surface area contributed by atoms with Crippen LogP contribution in [0, 0.1) is 0 Å². The van der Waals surface area contributed by atoms with E-state index < -0.39 is 0 Å². The van der Waals surface area contributed by atoms with Gasteiger partial charge in [0, 0.05) is 49.3 Å².